The van der Waals surface area contributed by atoms with Crippen molar-refractivity contribution >= 4 is 0 Å². The molecule has 0 saturated carbocycles. The van der Waals surface area contributed by atoms with Gasteiger partial charge in [-0.15, -0.1) is 0 Å². The van der Waals surface area contributed by atoms with E-state index in [2.05, 4.69) is 23.9 Å². The molecule has 64 valence electrons. The summed E-state index contributed by atoms with van der Waals surface area (Å²) >= 11 is 0. The van der Waals surface area contributed by atoms with Gasteiger partial charge < -0.3 is 9.64 Å². The Kier molecular flexibility index (Phi) is 1.87. The van der Waals surface area contributed by atoms with E-state index in [1.165, 1.54) is 6.54 Å². The fourth-order valence-electron chi connectivity index (χ4n) is 2.04. The fraction of sp³-hybridized carbons (Fsp3) is 1.00. The van der Waals surface area contributed by atoms with Crippen LogP contribution in [0.25, 0.3) is 0 Å². The number of nitrogens with zero attached hydrogens (tertiary/aromatic N) is 2. The highest BCUT2D eigenvalue weighted by atomic mass is 16.5. The SMILES string of the molecule is CN1CC2[C@H](C1)OCCN2C. The Morgan fingerprint density at radius 1 is 1.27 bits per heavy atom. The van der Waals surface area contributed by atoms with E-state index in [1.54, 1.807) is 0 Å². The van der Waals surface area contributed by atoms with Crippen LogP contribution in [-0.4, -0.2) is 62.3 Å². The van der Waals surface area contributed by atoms with Crippen LogP contribution in [0.4, 0.5) is 0 Å². The first-order valence-corrected chi connectivity index (χ1v) is 4.28. The lowest BCUT2D eigenvalue weighted by Gasteiger charge is -2.33. The summed E-state index contributed by atoms with van der Waals surface area (Å²) in [4.78, 5) is 4.76. The van der Waals surface area contributed by atoms with Crippen molar-refractivity contribution in [3.8, 4) is 0 Å². The van der Waals surface area contributed by atoms with Crippen LogP contribution in [0.2, 0.25) is 0 Å². The minimum atomic E-state index is 0.471. The molecule has 2 aliphatic rings. The molecule has 0 N–H and O–H groups in total. The fourth-order valence-corrected chi connectivity index (χ4v) is 2.04. The van der Waals surface area contributed by atoms with Gasteiger partial charge in [0.05, 0.1) is 12.7 Å². The van der Waals surface area contributed by atoms with Crippen molar-refractivity contribution in [2.45, 2.75) is 12.1 Å². The van der Waals surface area contributed by atoms with Crippen LogP contribution in [0.15, 0.2) is 0 Å². The molecule has 2 heterocycles. The summed E-state index contributed by atoms with van der Waals surface area (Å²) in [6.07, 6.45) is 0.471. The minimum Gasteiger partial charge on any atom is -0.374 e. The molecule has 0 amide bonds. The van der Waals surface area contributed by atoms with Gasteiger partial charge in [0.15, 0.2) is 0 Å². The molecule has 2 fully saturated rings. The number of hydrogen-bond acceptors (Lipinski definition) is 3. The number of hydrogen-bond donors (Lipinski definition) is 0. The van der Waals surface area contributed by atoms with Crippen molar-refractivity contribution in [1.82, 2.24) is 9.80 Å². The first-order valence-electron chi connectivity index (χ1n) is 4.28. The third kappa shape index (κ3) is 1.28. The van der Waals surface area contributed by atoms with Crippen LogP contribution in [0.5, 0.6) is 0 Å². The lowest BCUT2D eigenvalue weighted by molar-refractivity contribution is -0.0368. The second kappa shape index (κ2) is 2.73. The van der Waals surface area contributed by atoms with Gasteiger partial charge in [0.2, 0.25) is 0 Å². The van der Waals surface area contributed by atoms with Gasteiger partial charge >= 0.3 is 0 Å². The van der Waals surface area contributed by atoms with E-state index < -0.39 is 0 Å². The molecule has 0 aromatic rings. The monoisotopic (exact) mass is 156 g/mol. The molecule has 2 saturated heterocycles. The first-order chi connectivity index (χ1) is 5.27. The highest BCUT2D eigenvalue weighted by Crippen LogP contribution is 2.19. The Morgan fingerprint density at radius 2 is 2.09 bits per heavy atom. The number of morpholine rings is 1. The highest BCUT2D eigenvalue weighted by molar-refractivity contribution is 4.91. The zero-order valence-electron chi connectivity index (χ0n) is 7.29. The quantitative estimate of drug-likeness (QED) is 0.476. The summed E-state index contributed by atoms with van der Waals surface area (Å²) in [7, 11) is 4.36. The summed E-state index contributed by atoms with van der Waals surface area (Å²) < 4.78 is 5.66. The molecule has 3 heteroatoms. The highest BCUT2D eigenvalue weighted by Gasteiger charge is 2.36. The van der Waals surface area contributed by atoms with Gasteiger partial charge in [-0.2, -0.15) is 0 Å². The van der Waals surface area contributed by atoms with Crippen LogP contribution in [-0.2, 0) is 4.74 Å². The predicted molar refractivity (Wildman–Crippen MR) is 43.7 cm³/mol. The average molecular weight is 156 g/mol. The van der Waals surface area contributed by atoms with Gasteiger partial charge in [0, 0.05) is 25.7 Å². The van der Waals surface area contributed by atoms with Crippen LogP contribution < -0.4 is 0 Å². The average Bonchev–Trinajstić information content (AvgIpc) is 2.31. The third-order valence-corrected chi connectivity index (χ3v) is 2.76. The summed E-state index contributed by atoms with van der Waals surface area (Å²) in [5.74, 6) is 0. The van der Waals surface area contributed by atoms with E-state index in [4.69, 9.17) is 4.74 Å². The van der Waals surface area contributed by atoms with Gasteiger partial charge in [-0.1, -0.05) is 0 Å². The van der Waals surface area contributed by atoms with Crippen molar-refractivity contribution in [2.24, 2.45) is 0 Å². The predicted octanol–water partition coefficient (Wildman–Crippen LogP) is -0.369. The van der Waals surface area contributed by atoms with Gasteiger partial charge in [0.1, 0.15) is 0 Å². The van der Waals surface area contributed by atoms with E-state index in [-0.39, 0.29) is 0 Å². The maximum absolute atomic E-state index is 5.66. The second-order valence-electron chi connectivity index (χ2n) is 3.68. The van der Waals surface area contributed by atoms with E-state index in [0.29, 0.717) is 12.1 Å². The normalized spacial score (nSPS) is 40.9. The smallest absolute Gasteiger partial charge is 0.0869 e. The number of rotatable bonds is 0. The van der Waals surface area contributed by atoms with Gasteiger partial charge in [-0.05, 0) is 14.1 Å². The zero-order valence-corrected chi connectivity index (χ0v) is 7.29. The lowest BCUT2D eigenvalue weighted by atomic mass is 10.1. The third-order valence-electron chi connectivity index (χ3n) is 2.76. The van der Waals surface area contributed by atoms with E-state index in [0.717, 1.165) is 19.7 Å². The number of fused-ring (bicyclic) bond motifs is 1. The lowest BCUT2D eigenvalue weighted by Crippen LogP contribution is -2.48. The molecule has 11 heavy (non-hydrogen) atoms. The van der Waals surface area contributed by atoms with Gasteiger partial charge in [0.25, 0.3) is 0 Å². The maximum Gasteiger partial charge on any atom is 0.0869 e. The van der Waals surface area contributed by atoms with Crippen molar-refractivity contribution < 1.29 is 4.74 Å². The molecule has 2 rings (SSSR count). The second-order valence-corrected chi connectivity index (χ2v) is 3.68. The molecule has 0 radical (unpaired) electrons. The Balaban J connectivity index is 2.03. The molecule has 0 aromatic carbocycles. The molecular formula is C8H16N2O. The molecule has 0 aromatic heterocycles. The van der Waals surface area contributed by atoms with Gasteiger partial charge in [-0.3, -0.25) is 4.90 Å². The number of likely N-dealkylation sites (N-methyl/N-ethyl adjacent to an activating group) is 2. The topological polar surface area (TPSA) is 15.7 Å². The van der Waals surface area contributed by atoms with Crippen LogP contribution in [0.1, 0.15) is 0 Å². The van der Waals surface area contributed by atoms with Crippen molar-refractivity contribution in [3.05, 3.63) is 0 Å². The van der Waals surface area contributed by atoms with Gasteiger partial charge in [-0.25, -0.2) is 0 Å². The summed E-state index contributed by atoms with van der Waals surface area (Å²) in [6.45, 7) is 4.27. The Hall–Kier alpha value is -0.120. The summed E-state index contributed by atoms with van der Waals surface area (Å²) in [5.41, 5.74) is 0. The van der Waals surface area contributed by atoms with Crippen molar-refractivity contribution in [3.63, 3.8) is 0 Å². The molecule has 1 unspecified atom stereocenters. The van der Waals surface area contributed by atoms with Crippen molar-refractivity contribution in [2.75, 3.05) is 40.3 Å². The standard InChI is InChI=1S/C8H16N2O/c1-9-5-7-8(6-9)11-4-3-10(7)2/h7-8H,3-6H2,1-2H3/t7?,8-/m0/s1. The largest absolute Gasteiger partial charge is 0.374 e. The number of likely N-dealkylation sites (tertiary alicyclic amines) is 1. The minimum absolute atomic E-state index is 0.471. The molecule has 0 bridgehead atoms. The zero-order chi connectivity index (χ0) is 7.84. The Bertz CT molecular complexity index is 151. The van der Waals surface area contributed by atoms with Crippen molar-refractivity contribution in [1.29, 1.82) is 0 Å². The maximum atomic E-state index is 5.66. The molecule has 0 spiro atoms. The van der Waals surface area contributed by atoms with E-state index >= 15 is 0 Å². The molecule has 2 atom stereocenters. The number of ether oxygens (including phenoxy) is 1. The first kappa shape index (κ1) is 7.53. The molecule has 2 aliphatic heterocycles. The molecular weight excluding hydrogens is 140 g/mol. The van der Waals surface area contributed by atoms with Crippen LogP contribution in [0, 0.1) is 0 Å². The van der Waals surface area contributed by atoms with E-state index in [1.807, 2.05) is 0 Å². The Morgan fingerprint density at radius 3 is 2.82 bits per heavy atom. The van der Waals surface area contributed by atoms with Crippen LogP contribution in [0.3, 0.4) is 0 Å². The van der Waals surface area contributed by atoms with Crippen LogP contribution >= 0.6 is 0 Å². The molecule has 0 aliphatic carbocycles. The summed E-state index contributed by atoms with van der Waals surface area (Å²) in [5, 5.41) is 0. The Labute approximate surface area is 67.9 Å². The molecule has 3 nitrogen and oxygen atoms in total. The van der Waals surface area contributed by atoms with E-state index in [9.17, 15) is 0 Å². The summed E-state index contributed by atoms with van der Waals surface area (Å²) in [6, 6.07) is 0.647.